The minimum absolute atomic E-state index is 0.114. The third-order valence-corrected chi connectivity index (χ3v) is 5.54. The molecule has 0 fully saturated rings. The summed E-state index contributed by atoms with van der Waals surface area (Å²) in [5.74, 6) is -2.19. The van der Waals surface area contributed by atoms with Crippen LogP contribution in [0.4, 0.5) is 18.9 Å². The lowest BCUT2D eigenvalue weighted by atomic mass is 10.1. The van der Waals surface area contributed by atoms with E-state index in [1.165, 1.54) is 5.38 Å². The number of benzene rings is 1. The van der Waals surface area contributed by atoms with Crippen LogP contribution in [-0.4, -0.2) is 26.5 Å². The zero-order valence-electron chi connectivity index (χ0n) is 16.1. The number of aromatic carboxylic acids is 1. The Labute approximate surface area is 182 Å². The summed E-state index contributed by atoms with van der Waals surface area (Å²) in [5, 5.41) is 12.6. The quantitative estimate of drug-likeness (QED) is 0.564. The van der Waals surface area contributed by atoms with Crippen molar-refractivity contribution in [1.82, 2.24) is 9.55 Å². The predicted molar refractivity (Wildman–Crippen MR) is 110 cm³/mol. The molecule has 0 saturated carbocycles. The first-order valence-corrected chi connectivity index (χ1v) is 10.1. The topological polar surface area (TPSA) is 101 Å². The van der Waals surface area contributed by atoms with E-state index in [1.807, 2.05) is 0 Å². The molecule has 0 atom stereocenters. The second-order valence-electron chi connectivity index (χ2n) is 6.89. The van der Waals surface area contributed by atoms with Crippen LogP contribution in [-0.2, 0) is 17.5 Å². The Hall–Kier alpha value is -2.92. The summed E-state index contributed by atoms with van der Waals surface area (Å²) in [4.78, 5) is 41.5. The Bertz CT molecular complexity index is 1250. The third kappa shape index (κ3) is 4.57. The summed E-state index contributed by atoms with van der Waals surface area (Å²) in [7, 11) is 0. The minimum atomic E-state index is -4.63. The molecule has 0 unspecified atom stereocenters. The number of amides is 1. The Morgan fingerprint density at radius 3 is 2.58 bits per heavy atom. The smallest absolute Gasteiger partial charge is 0.416 e. The second-order valence-corrected chi connectivity index (χ2v) is 8.16. The molecular formula is C19H15ClF3N3O4S. The summed E-state index contributed by atoms with van der Waals surface area (Å²) >= 11 is 6.89. The van der Waals surface area contributed by atoms with Gasteiger partial charge in [-0.15, -0.1) is 11.3 Å². The van der Waals surface area contributed by atoms with Gasteiger partial charge in [-0.05, 0) is 18.2 Å². The van der Waals surface area contributed by atoms with Crippen LogP contribution >= 0.6 is 22.9 Å². The van der Waals surface area contributed by atoms with E-state index in [0.717, 1.165) is 28.0 Å². The Morgan fingerprint density at radius 2 is 2.00 bits per heavy atom. The molecule has 0 spiro atoms. The van der Waals surface area contributed by atoms with Crippen molar-refractivity contribution in [2.45, 2.75) is 32.5 Å². The Morgan fingerprint density at radius 1 is 1.32 bits per heavy atom. The molecule has 3 rings (SSSR count). The number of hydrogen-bond acceptors (Lipinski definition) is 5. The summed E-state index contributed by atoms with van der Waals surface area (Å²) in [6.45, 7) is 2.88. The second kappa shape index (κ2) is 8.31. The van der Waals surface area contributed by atoms with Gasteiger partial charge in [0.05, 0.1) is 27.2 Å². The van der Waals surface area contributed by atoms with E-state index in [1.54, 1.807) is 13.8 Å². The van der Waals surface area contributed by atoms with Crippen molar-refractivity contribution in [2.75, 3.05) is 5.32 Å². The fourth-order valence-corrected chi connectivity index (χ4v) is 4.00. The van der Waals surface area contributed by atoms with Crippen LogP contribution in [0.2, 0.25) is 5.02 Å². The lowest BCUT2D eigenvalue weighted by Crippen LogP contribution is -2.32. The monoisotopic (exact) mass is 473 g/mol. The highest BCUT2D eigenvalue weighted by molar-refractivity contribution is 7.17. The van der Waals surface area contributed by atoms with Gasteiger partial charge in [-0.2, -0.15) is 13.2 Å². The number of thiophene rings is 1. The van der Waals surface area contributed by atoms with Crippen LogP contribution in [0.15, 0.2) is 28.4 Å². The summed E-state index contributed by atoms with van der Waals surface area (Å²) in [6.07, 6.45) is -4.63. The molecule has 2 N–H and O–H groups in total. The van der Waals surface area contributed by atoms with Gasteiger partial charge in [0.15, 0.2) is 0 Å². The predicted octanol–water partition coefficient (Wildman–Crippen LogP) is 4.59. The summed E-state index contributed by atoms with van der Waals surface area (Å²) in [5.41, 5.74) is -2.23. The highest BCUT2D eigenvalue weighted by Crippen LogP contribution is 2.34. The molecule has 3 aromatic rings. The molecule has 2 heterocycles. The maximum absolute atomic E-state index is 13.0. The molecule has 1 amide bonds. The number of anilines is 1. The first kappa shape index (κ1) is 22.8. The van der Waals surface area contributed by atoms with Crippen LogP contribution in [0.25, 0.3) is 10.2 Å². The number of carboxylic acid groups (broad SMARTS) is 1. The van der Waals surface area contributed by atoms with E-state index in [-0.39, 0.29) is 38.2 Å². The van der Waals surface area contributed by atoms with E-state index in [4.69, 9.17) is 11.6 Å². The number of hydrogen-bond donors (Lipinski definition) is 2. The van der Waals surface area contributed by atoms with E-state index >= 15 is 0 Å². The van der Waals surface area contributed by atoms with Crippen LogP contribution in [0.3, 0.4) is 0 Å². The average molecular weight is 474 g/mol. The van der Waals surface area contributed by atoms with Crippen LogP contribution in [0.1, 0.15) is 41.5 Å². The van der Waals surface area contributed by atoms with Crippen LogP contribution < -0.4 is 10.9 Å². The van der Waals surface area contributed by atoms with Gasteiger partial charge < -0.3 is 10.4 Å². The standard InChI is InChI=1S/C19H15ClF3N3O4S/c1-8(2)15-25-16-14(10(7-31-16)18(29)30)17(28)26(15)6-13(27)24-12-5-9(19(21,22)23)3-4-11(12)20/h3-5,7-8H,6H2,1-2H3,(H,24,27)(H,29,30). The molecule has 164 valence electrons. The van der Waals surface area contributed by atoms with Crippen molar-refractivity contribution in [3.8, 4) is 0 Å². The van der Waals surface area contributed by atoms with E-state index in [0.29, 0.717) is 6.07 Å². The number of carbonyl (C=O) groups is 2. The van der Waals surface area contributed by atoms with Gasteiger partial charge in [-0.1, -0.05) is 25.4 Å². The van der Waals surface area contributed by atoms with Crippen molar-refractivity contribution >= 4 is 50.7 Å². The molecule has 12 heteroatoms. The van der Waals surface area contributed by atoms with Crippen molar-refractivity contribution < 1.29 is 27.9 Å². The molecule has 0 aliphatic carbocycles. The van der Waals surface area contributed by atoms with Gasteiger partial charge in [0.1, 0.15) is 17.2 Å². The van der Waals surface area contributed by atoms with Crippen molar-refractivity contribution in [1.29, 1.82) is 0 Å². The molecule has 0 radical (unpaired) electrons. The summed E-state index contributed by atoms with van der Waals surface area (Å²) in [6, 6.07) is 2.47. The van der Waals surface area contributed by atoms with Crippen molar-refractivity contribution in [3.63, 3.8) is 0 Å². The van der Waals surface area contributed by atoms with Gasteiger partial charge in [0.2, 0.25) is 5.91 Å². The highest BCUT2D eigenvalue weighted by atomic mass is 35.5. The number of fused-ring (bicyclic) bond motifs is 1. The number of alkyl halides is 3. The van der Waals surface area contributed by atoms with E-state index in [2.05, 4.69) is 10.3 Å². The molecule has 0 aliphatic rings. The molecule has 0 aliphatic heterocycles. The zero-order chi connectivity index (χ0) is 23.1. The molecule has 1 aromatic carbocycles. The van der Waals surface area contributed by atoms with Gasteiger partial charge in [0.25, 0.3) is 5.56 Å². The molecular weight excluding hydrogens is 459 g/mol. The van der Waals surface area contributed by atoms with Gasteiger partial charge in [-0.3, -0.25) is 14.2 Å². The van der Waals surface area contributed by atoms with Crippen molar-refractivity contribution in [2.24, 2.45) is 0 Å². The third-order valence-electron chi connectivity index (χ3n) is 4.34. The first-order chi connectivity index (χ1) is 14.4. The molecule has 0 bridgehead atoms. The number of halogens is 4. The maximum Gasteiger partial charge on any atom is 0.416 e. The maximum atomic E-state index is 13.0. The Balaban J connectivity index is 2.01. The Kier molecular flexibility index (Phi) is 6.10. The lowest BCUT2D eigenvalue weighted by Gasteiger charge is -2.16. The molecule has 0 saturated heterocycles. The number of nitrogens with one attached hydrogen (secondary N) is 1. The normalized spacial score (nSPS) is 11.8. The largest absolute Gasteiger partial charge is 0.478 e. The molecule has 7 nitrogen and oxygen atoms in total. The van der Waals surface area contributed by atoms with Gasteiger partial charge >= 0.3 is 12.1 Å². The molecule has 31 heavy (non-hydrogen) atoms. The lowest BCUT2D eigenvalue weighted by molar-refractivity contribution is -0.137. The number of aromatic nitrogens is 2. The van der Waals surface area contributed by atoms with Gasteiger partial charge in [-0.25, -0.2) is 9.78 Å². The number of carbonyl (C=O) groups excluding carboxylic acids is 1. The highest BCUT2D eigenvalue weighted by Gasteiger charge is 2.31. The van der Waals surface area contributed by atoms with Crippen molar-refractivity contribution in [3.05, 3.63) is 55.9 Å². The van der Waals surface area contributed by atoms with E-state index in [9.17, 15) is 32.7 Å². The number of rotatable bonds is 5. The zero-order valence-corrected chi connectivity index (χ0v) is 17.7. The van der Waals surface area contributed by atoms with Crippen LogP contribution in [0.5, 0.6) is 0 Å². The fourth-order valence-electron chi connectivity index (χ4n) is 2.92. The number of carboxylic acids is 1. The van der Waals surface area contributed by atoms with E-state index < -0.39 is 35.7 Å². The minimum Gasteiger partial charge on any atom is -0.478 e. The number of nitrogens with zero attached hydrogens (tertiary/aromatic N) is 2. The van der Waals surface area contributed by atoms with Gasteiger partial charge in [0, 0.05) is 11.3 Å². The van der Waals surface area contributed by atoms with Crippen LogP contribution in [0, 0.1) is 0 Å². The summed E-state index contributed by atoms with van der Waals surface area (Å²) < 4.78 is 39.8. The SMILES string of the molecule is CC(C)c1nc2scc(C(=O)O)c2c(=O)n1CC(=O)Nc1cc(C(F)(F)F)ccc1Cl. The fraction of sp³-hybridized carbons (Fsp3) is 0.263. The average Bonchev–Trinajstić information content (AvgIpc) is 3.09. The first-order valence-electron chi connectivity index (χ1n) is 8.82. The molecule has 2 aromatic heterocycles.